The summed E-state index contributed by atoms with van der Waals surface area (Å²) in [5.74, 6) is -0.366. The zero-order valence-corrected chi connectivity index (χ0v) is 12.2. The number of carbonyl (C=O) groups is 1. The molecule has 6 nitrogen and oxygen atoms in total. The number of urea groups is 1. The van der Waals surface area contributed by atoms with Crippen molar-refractivity contribution in [3.8, 4) is 0 Å². The van der Waals surface area contributed by atoms with Crippen LogP contribution in [0.1, 0.15) is 18.6 Å². The van der Waals surface area contributed by atoms with Crippen LogP contribution in [0.15, 0.2) is 43.0 Å². The predicted octanol–water partition coefficient (Wildman–Crippen LogP) is 1.44. The number of hydrogen-bond acceptors (Lipinski definition) is 3. The third-order valence-electron chi connectivity index (χ3n) is 3.13. The molecule has 2 rings (SSSR count). The van der Waals surface area contributed by atoms with Crippen molar-refractivity contribution in [2.24, 2.45) is 0 Å². The smallest absolute Gasteiger partial charge is 0.315 e. The highest BCUT2D eigenvalue weighted by molar-refractivity contribution is 5.74. The van der Waals surface area contributed by atoms with Gasteiger partial charge in [0.25, 0.3) is 0 Å². The van der Waals surface area contributed by atoms with Gasteiger partial charge in [0, 0.05) is 31.5 Å². The number of nitrogens with one attached hydrogen (secondary N) is 2. The van der Waals surface area contributed by atoms with Crippen LogP contribution in [0, 0.1) is 5.82 Å². The number of rotatable bonds is 6. The van der Waals surface area contributed by atoms with E-state index < -0.39 is 6.10 Å². The second-order valence-corrected chi connectivity index (χ2v) is 5.08. The Hall–Kier alpha value is -2.41. The lowest BCUT2D eigenvalue weighted by Gasteiger charge is -2.17. The predicted molar refractivity (Wildman–Crippen MR) is 79.6 cm³/mol. The Morgan fingerprint density at radius 2 is 2.14 bits per heavy atom. The fourth-order valence-electron chi connectivity index (χ4n) is 2.02. The minimum atomic E-state index is -0.879. The molecule has 0 aliphatic carbocycles. The summed E-state index contributed by atoms with van der Waals surface area (Å²) in [6, 6.07) is 5.06. The summed E-state index contributed by atoms with van der Waals surface area (Å²) >= 11 is 0. The standard InChI is InChI=1S/C15H19FN4O2/c1-11(9-20-7-6-17-10-20)19-15(22)18-8-14(21)12-2-4-13(16)5-3-12/h2-7,10-11,14,21H,8-9H2,1H3,(H2,18,19,22). The van der Waals surface area contributed by atoms with Gasteiger partial charge in [-0.25, -0.2) is 14.2 Å². The van der Waals surface area contributed by atoms with Crippen LogP contribution in [0.3, 0.4) is 0 Å². The van der Waals surface area contributed by atoms with E-state index in [0.29, 0.717) is 12.1 Å². The van der Waals surface area contributed by atoms with E-state index in [1.54, 1.807) is 12.5 Å². The average molecular weight is 306 g/mol. The maximum atomic E-state index is 12.8. The Bertz CT molecular complexity index is 586. The maximum Gasteiger partial charge on any atom is 0.315 e. The van der Waals surface area contributed by atoms with Gasteiger partial charge in [0.1, 0.15) is 5.82 Å². The molecule has 0 saturated carbocycles. The van der Waals surface area contributed by atoms with Crippen molar-refractivity contribution >= 4 is 6.03 Å². The zero-order chi connectivity index (χ0) is 15.9. The Kier molecular flexibility index (Phi) is 5.48. The molecule has 1 aromatic carbocycles. The first-order chi connectivity index (χ1) is 10.5. The summed E-state index contributed by atoms with van der Waals surface area (Å²) in [5.41, 5.74) is 0.549. The number of carbonyl (C=O) groups excluding carboxylic acids is 1. The second-order valence-electron chi connectivity index (χ2n) is 5.08. The highest BCUT2D eigenvalue weighted by Gasteiger charge is 2.11. The van der Waals surface area contributed by atoms with Gasteiger partial charge in [0.15, 0.2) is 0 Å². The number of hydrogen-bond donors (Lipinski definition) is 3. The molecule has 2 amide bonds. The zero-order valence-electron chi connectivity index (χ0n) is 12.2. The highest BCUT2D eigenvalue weighted by atomic mass is 19.1. The lowest BCUT2D eigenvalue weighted by Crippen LogP contribution is -2.43. The number of aromatic nitrogens is 2. The molecule has 1 aromatic heterocycles. The monoisotopic (exact) mass is 306 g/mol. The van der Waals surface area contributed by atoms with Crippen LogP contribution in [0.2, 0.25) is 0 Å². The quantitative estimate of drug-likeness (QED) is 0.755. The average Bonchev–Trinajstić information content (AvgIpc) is 2.98. The van der Waals surface area contributed by atoms with Crippen LogP contribution < -0.4 is 10.6 Å². The Balaban J connectivity index is 1.73. The SMILES string of the molecule is CC(Cn1ccnc1)NC(=O)NCC(O)c1ccc(F)cc1. The molecule has 0 fully saturated rings. The molecule has 0 bridgehead atoms. The summed E-state index contributed by atoms with van der Waals surface area (Å²) in [6.07, 6.45) is 4.28. The Labute approximate surface area is 128 Å². The van der Waals surface area contributed by atoms with Gasteiger partial charge in [0.2, 0.25) is 0 Å². The molecule has 2 aromatic rings. The van der Waals surface area contributed by atoms with Crippen LogP contribution in [-0.2, 0) is 6.54 Å². The van der Waals surface area contributed by atoms with Crippen molar-refractivity contribution < 1.29 is 14.3 Å². The first-order valence-electron chi connectivity index (χ1n) is 6.98. The largest absolute Gasteiger partial charge is 0.387 e. The van der Waals surface area contributed by atoms with E-state index in [2.05, 4.69) is 15.6 Å². The van der Waals surface area contributed by atoms with E-state index in [4.69, 9.17) is 0 Å². The minimum absolute atomic E-state index is 0.0509. The van der Waals surface area contributed by atoms with Crippen molar-refractivity contribution in [2.45, 2.75) is 25.6 Å². The van der Waals surface area contributed by atoms with Crippen LogP contribution >= 0.6 is 0 Å². The van der Waals surface area contributed by atoms with Gasteiger partial charge in [0.05, 0.1) is 12.4 Å². The van der Waals surface area contributed by atoms with Crippen LogP contribution in [-0.4, -0.2) is 33.3 Å². The molecular weight excluding hydrogens is 287 g/mol. The van der Waals surface area contributed by atoms with Crippen LogP contribution in [0.5, 0.6) is 0 Å². The minimum Gasteiger partial charge on any atom is -0.387 e. The Morgan fingerprint density at radius 3 is 2.77 bits per heavy atom. The number of nitrogens with zero attached hydrogens (tertiary/aromatic N) is 2. The van der Waals surface area contributed by atoms with Gasteiger partial charge >= 0.3 is 6.03 Å². The van der Waals surface area contributed by atoms with Crippen LogP contribution in [0.4, 0.5) is 9.18 Å². The third kappa shape index (κ3) is 4.85. The van der Waals surface area contributed by atoms with Crippen LogP contribution in [0.25, 0.3) is 0 Å². The van der Waals surface area contributed by atoms with Gasteiger partial charge in [-0.3, -0.25) is 0 Å². The molecule has 0 saturated heterocycles. The number of aliphatic hydroxyl groups excluding tert-OH is 1. The third-order valence-corrected chi connectivity index (χ3v) is 3.13. The van der Waals surface area contributed by atoms with E-state index in [-0.39, 0.29) is 24.4 Å². The fourth-order valence-corrected chi connectivity index (χ4v) is 2.02. The molecule has 0 aliphatic heterocycles. The van der Waals surface area contributed by atoms with E-state index in [0.717, 1.165) is 0 Å². The van der Waals surface area contributed by atoms with Gasteiger partial charge < -0.3 is 20.3 Å². The summed E-state index contributed by atoms with van der Waals surface area (Å²) < 4.78 is 14.7. The Morgan fingerprint density at radius 1 is 1.41 bits per heavy atom. The maximum absolute atomic E-state index is 12.8. The summed E-state index contributed by atoms with van der Waals surface area (Å²) in [4.78, 5) is 15.7. The molecule has 3 N–H and O–H groups in total. The molecule has 2 atom stereocenters. The molecule has 0 aliphatic rings. The summed E-state index contributed by atoms with van der Waals surface area (Å²) in [7, 11) is 0. The fraction of sp³-hybridized carbons (Fsp3) is 0.333. The van der Waals surface area contributed by atoms with E-state index >= 15 is 0 Å². The van der Waals surface area contributed by atoms with Gasteiger partial charge in [-0.2, -0.15) is 0 Å². The molecule has 0 spiro atoms. The van der Waals surface area contributed by atoms with E-state index in [1.165, 1.54) is 24.3 Å². The number of amides is 2. The molecule has 1 heterocycles. The molecule has 118 valence electrons. The van der Waals surface area contributed by atoms with E-state index in [9.17, 15) is 14.3 Å². The van der Waals surface area contributed by atoms with Crippen molar-refractivity contribution in [3.63, 3.8) is 0 Å². The van der Waals surface area contributed by atoms with Crippen molar-refractivity contribution in [2.75, 3.05) is 6.54 Å². The van der Waals surface area contributed by atoms with Crippen molar-refractivity contribution in [1.29, 1.82) is 0 Å². The molecular formula is C15H19FN4O2. The molecule has 22 heavy (non-hydrogen) atoms. The number of aliphatic hydroxyl groups is 1. The lowest BCUT2D eigenvalue weighted by molar-refractivity contribution is 0.172. The van der Waals surface area contributed by atoms with Crippen molar-refractivity contribution in [1.82, 2.24) is 20.2 Å². The second kappa shape index (κ2) is 7.56. The number of halogens is 1. The number of imidazole rings is 1. The molecule has 2 unspecified atom stereocenters. The summed E-state index contributed by atoms with van der Waals surface area (Å²) in [5, 5.41) is 15.3. The molecule has 0 radical (unpaired) electrons. The van der Waals surface area contributed by atoms with Gasteiger partial charge in [-0.05, 0) is 24.6 Å². The molecule has 7 heteroatoms. The van der Waals surface area contributed by atoms with Gasteiger partial charge in [-0.15, -0.1) is 0 Å². The summed E-state index contributed by atoms with van der Waals surface area (Å²) in [6.45, 7) is 2.53. The number of benzene rings is 1. The topological polar surface area (TPSA) is 79.2 Å². The first-order valence-corrected chi connectivity index (χ1v) is 6.98. The lowest BCUT2D eigenvalue weighted by atomic mass is 10.1. The first kappa shape index (κ1) is 16.0. The van der Waals surface area contributed by atoms with Crippen molar-refractivity contribution in [3.05, 3.63) is 54.4 Å². The van der Waals surface area contributed by atoms with E-state index in [1.807, 2.05) is 17.7 Å². The van der Waals surface area contributed by atoms with Gasteiger partial charge in [-0.1, -0.05) is 12.1 Å². The normalized spacial score (nSPS) is 13.4. The highest BCUT2D eigenvalue weighted by Crippen LogP contribution is 2.12.